The molecule has 1 aliphatic carbocycles. The molecule has 2 atom stereocenters. The lowest BCUT2D eigenvalue weighted by atomic mass is 9.93. The van der Waals surface area contributed by atoms with Crippen LogP contribution < -0.4 is 0 Å². The number of benzene rings is 1. The molecule has 29 heavy (non-hydrogen) atoms. The maximum absolute atomic E-state index is 14.6. The van der Waals surface area contributed by atoms with Gasteiger partial charge in [0.15, 0.2) is 10.9 Å². The van der Waals surface area contributed by atoms with Crippen LogP contribution in [0.2, 0.25) is 0 Å². The Labute approximate surface area is 173 Å². The molecule has 2 unspecified atom stereocenters. The van der Waals surface area contributed by atoms with Gasteiger partial charge in [-0.15, -0.1) is 0 Å². The Morgan fingerprint density at radius 2 is 2.10 bits per heavy atom. The fraction of sp³-hybridized carbons (Fsp3) is 0.409. The first-order valence-electron chi connectivity index (χ1n) is 9.91. The number of carbonyl (C=O) groups is 2. The Balaban J connectivity index is 1.66. The molecule has 1 N–H and O–H groups in total. The maximum Gasteiger partial charge on any atom is 0.186 e. The van der Waals surface area contributed by atoms with Crippen LogP contribution >= 0.6 is 11.8 Å². The number of ketones is 1. The summed E-state index contributed by atoms with van der Waals surface area (Å²) >= 11 is 1.32. The van der Waals surface area contributed by atoms with Crippen molar-refractivity contribution in [2.45, 2.75) is 37.5 Å². The van der Waals surface area contributed by atoms with Crippen LogP contribution in [0.25, 0.3) is 6.08 Å². The lowest BCUT2D eigenvalue weighted by Crippen LogP contribution is -2.43. The number of aromatic amines is 1. The summed E-state index contributed by atoms with van der Waals surface area (Å²) < 4.78 is 14.6. The van der Waals surface area contributed by atoms with Crippen molar-refractivity contribution in [3.63, 3.8) is 0 Å². The van der Waals surface area contributed by atoms with E-state index in [9.17, 15) is 14.0 Å². The number of likely N-dealkylation sites (tertiary alicyclic amines) is 1. The second-order valence-electron chi connectivity index (χ2n) is 7.71. The molecular formula is C22H24FN3O2S. The number of thioether (sulfide) groups is 1. The van der Waals surface area contributed by atoms with Crippen molar-refractivity contribution >= 4 is 28.7 Å². The summed E-state index contributed by atoms with van der Waals surface area (Å²) in [5.74, 6) is -0.201. The zero-order chi connectivity index (χ0) is 20.4. The van der Waals surface area contributed by atoms with Crippen molar-refractivity contribution in [2.75, 3.05) is 13.1 Å². The van der Waals surface area contributed by atoms with Gasteiger partial charge in [0, 0.05) is 48.5 Å². The van der Waals surface area contributed by atoms with Crippen molar-refractivity contribution in [3.8, 4) is 0 Å². The predicted octanol–water partition coefficient (Wildman–Crippen LogP) is 4.01. The van der Waals surface area contributed by atoms with Crippen LogP contribution in [0.1, 0.15) is 43.4 Å². The first kappa shape index (κ1) is 20.0. The first-order chi connectivity index (χ1) is 14.0. The smallest absolute Gasteiger partial charge is 0.186 e. The van der Waals surface area contributed by atoms with Gasteiger partial charge in [-0.2, -0.15) is 5.10 Å². The minimum atomic E-state index is -0.584. The maximum atomic E-state index is 14.6. The number of rotatable bonds is 6. The van der Waals surface area contributed by atoms with Gasteiger partial charge in [-0.1, -0.05) is 36.0 Å². The molecule has 2 aromatic rings. The lowest BCUT2D eigenvalue weighted by Gasteiger charge is -2.38. The number of nitrogens with one attached hydrogen (secondary N) is 1. The quantitative estimate of drug-likeness (QED) is 0.775. The van der Waals surface area contributed by atoms with Gasteiger partial charge < -0.3 is 0 Å². The standard InChI is InChI=1S/C22H24FN3O2S/c1-14(27)29-20-8-9-26(13-17(20)10-15-11-24-25-12-15)21(22(28)16-6-7-16)18-4-2-3-5-19(18)23/h2-5,10-12,16,20-21H,6-9,13H2,1H3,(H,24,25). The Morgan fingerprint density at radius 1 is 1.31 bits per heavy atom. The van der Waals surface area contributed by atoms with Crippen molar-refractivity contribution in [2.24, 2.45) is 5.92 Å². The number of nitrogens with zero attached hydrogens (tertiary/aromatic N) is 2. The molecule has 1 saturated carbocycles. The highest BCUT2D eigenvalue weighted by Gasteiger charge is 2.41. The summed E-state index contributed by atoms with van der Waals surface area (Å²) in [4.78, 5) is 27.0. The van der Waals surface area contributed by atoms with E-state index in [0.717, 1.165) is 30.4 Å². The molecule has 1 aromatic carbocycles. The Hall–Kier alpha value is -2.25. The van der Waals surface area contributed by atoms with Crippen molar-refractivity contribution in [1.29, 1.82) is 0 Å². The number of piperidine rings is 1. The van der Waals surface area contributed by atoms with E-state index in [4.69, 9.17) is 0 Å². The third kappa shape index (κ3) is 4.67. The van der Waals surface area contributed by atoms with E-state index >= 15 is 0 Å². The Morgan fingerprint density at radius 3 is 2.76 bits per heavy atom. The predicted molar refractivity (Wildman–Crippen MR) is 112 cm³/mol. The number of H-pyrrole nitrogens is 1. The number of carbonyl (C=O) groups excluding carboxylic acids is 2. The zero-order valence-electron chi connectivity index (χ0n) is 16.3. The van der Waals surface area contributed by atoms with E-state index in [1.54, 1.807) is 37.5 Å². The molecule has 1 aromatic heterocycles. The topological polar surface area (TPSA) is 66.1 Å². The fourth-order valence-electron chi connectivity index (χ4n) is 3.95. The van der Waals surface area contributed by atoms with Crippen molar-refractivity contribution < 1.29 is 14.0 Å². The van der Waals surface area contributed by atoms with Crippen LogP contribution in [0.4, 0.5) is 4.39 Å². The van der Waals surface area contributed by atoms with Gasteiger partial charge in [0.2, 0.25) is 0 Å². The third-order valence-corrected chi connectivity index (χ3v) is 6.63. The second-order valence-corrected chi connectivity index (χ2v) is 9.09. The summed E-state index contributed by atoms with van der Waals surface area (Å²) in [6.45, 7) is 2.74. The van der Waals surface area contributed by atoms with Crippen molar-refractivity contribution in [3.05, 3.63) is 59.2 Å². The Bertz CT molecular complexity index is 924. The molecule has 4 rings (SSSR count). The molecule has 0 bridgehead atoms. The summed E-state index contributed by atoms with van der Waals surface area (Å²) in [5.41, 5.74) is 2.43. The van der Waals surface area contributed by atoms with Gasteiger partial charge in [-0.3, -0.25) is 19.6 Å². The van der Waals surface area contributed by atoms with Crippen LogP contribution in [-0.2, 0) is 9.59 Å². The number of halogens is 1. The number of Topliss-reactive ketones (excluding diaryl/α,β-unsaturated/α-hetero) is 1. The molecule has 0 amide bonds. The summed E-state index contributed by atoms with van der Waals surface area (Å²) in [6.07, 6.45) is 8.06. The molecular weight excluding hydrogens is 389 g/mol. The molecule has 2 fully saturated rings. The minimum Gasteiger partial charge on any atom is -0.297 e. The number of hydrogen-bond acceptors (Lipinski definition) is 5. The zero-order valence-corrected chi connectivity index (χ0v) is 17.1. The molecule has 0 spiro atoms. The molecule has 2 heterocycles. The highest BCUT2D eigenvalue weighted by atomic mass is 32.2. The van der Waals surface area contributed by atoms with E-state index in [2.05, 4.69) is 15.1 Å². The number of aromatic nitrogens is 2. The minimum absolute atomic E-state index is 0.0326. The van der Waals surface area contributed by atoms with Crippen LogP contribution in [0.3, 0.4) is 0 Å². The third-order valence-electron chi connectivity index (χ3n) is 5.47. The summed E-state index contributed by atoms with van der Waals surface area (Å²) in [6, 6.07) is 5.99. The monoisotopic (exact) mass is 413 g/mol. The van der Waals surface area contributed by atoms with Gasteiger partial charge in [0.25, 0.3) is 0 Å². The highest BCUT2D eigenvalue weighted by molar-refractivity contribution is 8.14. The average Bonchev–Trinajstić information content (AvgIpc) is 3.42. The molecule has 152 valence electrons. The molecule has 1 aliphatic heterocycles. The van der Waals surface area contributed by atoms with Crippen molar-refractivity contribution in [1.82, 2.24) is 15.1 Å². The van der Waals surface area contributed by atoms with E-state index in [1.807, 2.05) is 6.08 Å². The van der Waals surface area contributed by atoms with E-state index < -0.39 is 6.04 Å². The Kier molecular flexibility index (Phi) is 5.96. The molecule has 0 radical (unpaired) electrons. The van der Waals surface area contributed by atoms with E-state index in [-0.39, 0.29) is 27.9 Å². The molecule has 5 nitrogen and oxygen atoms in total. The lowest BCUT2D eigenvalue weighted by molar-refractivity contribution is -0.126. The SMILES string of the molecule is CC(=O)SC1CCN(C(C(=O)C2CC2)c2ccccc2F)CC1=Cc1cn[nH]c1. The van der Waals surface area contributed by atoms with Gasteiger partial charge in [0.05, 0.1) is 12.2 Å². The largest absolute Gasteiger partial charge is 0.297 e. The van der Waals surface area contributed by atoms with Crippen LogP contribution in [0.5, 0.6) is 0 Å². The summed E-state index contributed by atoms with van der Waals surface area (Å²) in [5, 5.41) is 6.91. The van der Waals surface area contributed by atoms with E-state index in [0.29, 0.717) is 18.7 Å². The summed E-state index contributed by atoms with van der Waals surface area (Å²) in [7, 11) is 0. The second kappa shape index (κ2) is 8.63. The fourth-order valence-corrected chi connectivity index (χ4v) is 4.87. The average molecular weight is 414 g/mol. The van der Waals surface area contributed by atoms with Gasteiger partial charge in [-0.25, -0.2) is 4.39 Å². The van der Waals surface area contributed by atoms with Crippen LogP contribution in [-0.4, -0.2) is 44.3 Å². The number of hydrogen-bond donors (Lipinski definition) is 1. The van der Waals surface area contributed by atoms with Crippen LogP contribution in [0.15, 0.2) is 42.2 Å². The molecule has 1 saturated heterocycles. The van der Waals surface area contributed by atoms with Gasteiger partial charge >= 0.3 is 0 Å². The molecule has 2 aliphatic rings. The first-order valence-corrected chi connectivity index (χ1v) is 10.8. The van der Waals surface area contributed by atoms with E-state index in [1.165, 1.54) is 17.8 Å². The highest BCUT2D eigenvalue weighted by Crippen LogP contribution is 2.40. The van der Waals surface area contributed by atoms with Gasteiger partial charge in [0.1, 0.15) is 5.82 Å². The molecule has 7 heteroatoms. The van der Waals surface area contributed by atoms with Crippen LogP contribution in [0, 0.1) is 11.7 Å². The normalized spacial score (nSPS) is 22.6. The van der Waals surface area contributed by atoms with Gasteiger partial charge in [-0.05, 0) is 30.9 Å².